The molecule has 0 atom stereocenters. The van der Waals surface area contributed by atoms with E-state index in [0.717, 1.165) is 0 Å². The highest BCUT2D eigenvalue weighted by Crippen LogP contribution is 2.26. The first-order valence-corrected chi connectivity index (χ1v) is 7.36. The summed E-state index contributed by atoms with van der Waals surface area (Å²) in [6, 6.07) is 0. The largest absolute Gasteiger partial charge is 0.353 e. The Hall–Kier alpha value is -1.50. The van der Waals surface area contributed by atoms with Gasteiger partial charge in [-0.1, -0.05) is 19.0 Å². The molecule has 1 aliphatic heterocycles. The molecule has 1 aromatic heterocycles. The number of carbonyl (C=O) groups is 1. The Morgan fingerprint density at radius 1 is 1.48 bits per heavy atom. The molecule has 1 aliphatic rings. The van der Waals surface area contributed by atoms with Crippen LogP contribution < -0.4 is 5.32 Å². The van der Waals surface area contributed by atoms with Gasteiger partial charge in [0.1, 0.15) is 5.67 Å². The number of hydrogen-bond acceptors (Lipinski definition) is 5. The van der Waals surface area contributed by atoms with Gasteiger partial charge in [-0.2, -0.15) is 4.98 Å². The number of piperidine rings is 1. The van der Waals surface area contributed by atoms with Gasteiger partial charge >= 0.3 is 0 Å². The summed E-state index contributed by atoms with van der Waals surface area (Å²) in [6.07, 6.45) is 0.802. The fourth-order valence-electron chi connectivity index (χ4n) is 2.33. The zero-order chi connectivity index (χ0) is 15.5. The zero-order valence-electron chi connectivity index (χ0n) is 12.9. The highest BCUT2D eigenvalue weighted by atomic mass is 19.1. The van der Waals surface area contributed by atoms with Gasteiger partial charge in [0.2, 0.25) is 11.8 Å². The van der Waals surface area contributed by atoms with Crippen LogP contribution in [-0.2, 0) is 11.3 Å². The maximum absolute atomic E-state index is 14.5. The molecular weight excluding hydrogens is 275 g/mol. The maximum Gasteiger partial charge on any atom is 0.240 e. The van der Waals surface area contributed by atoms with E-state index in [0.29, 0.717) is 44.2 Å². The number of amides is 1. The van der Waals surface area contributed by atoms with E-state index in [1.165, 1.54) is 6.92 Å². The Balaban J connectivity index is 1.81. The van der Waals surface area contributed by atoms with Gasteiger partial charge in [0.15, 0.2) is 5.82 Å². The van der Waals surface area contributed by atoms with Crippen LogP contribution in [0.5, 0.6) is 0 Å². The molecule has 0 bridgehead atoms. The summed E-state index contributed by atoms with van der Waals surface area (Å²) < 4.78 is 19.7. The second-order valence-electron chi connectivity index (χ2n) is 6.04. The topological polar surface area (TPSA) is 71.3 Å². The lowest BCUT2D eigenvalue weighted by molar-refractivity contribution is -0.119. The average Bonchev–Trinajstić information content (AvgIpc) is 2.88. The van der Waals surface area contributed by atoms with Crippen molar-refractivity contribution >= 4 is 5.91 Å². The van der Waals surface area contributed by atoms with Crippen molar-refractivity contribution in [3.63, 3.8) is 0 Å². The summed E-state index contributed by atoms with van der Waals surface area (Å²) in [5.74, 6) is 1.32. The number of carbonyl (C=O) groups excluding carboxylic acids is 1. The van der Waals surface area contributed by atoms with E-state index in [-0.39, 0.29) is 18.4 Å². The van der Waals surface area contributed by atoms with Crippen molar-refractivity contribution < 1.29 is 13.7 Å². The van der Waals surface area contributed by atoms with Crippen molar-refractivity contribution in [1.29, 1.82) is 0 Å². The maximum atomic E-state index is 14.5. The normalized spacial score (nSPS) is 18.9. The monoisotopic (exact) mass is 298 g/mol. The molecule has 6 nitrogen and oxygen atoms in total. The molecule has 1 amide bonds. The van der Waals surface area contributed by atoms with Crippen LogP contribution in [0.1, 0.15) is 51.2 Å². The quantitative estimate of drug-likeness (QED) is 0.894. The van der Waals surface area contributed by atoms with Crippen molar-refractivity contribution in [1.82, 2.24) is 20.4 Å². The van der Waals surface area contributed by atoms with E-state index in [1.807, 2.05) is 13.8 Å². The second kappa shape index (κ2) is 6.51. The first kappa shape index (κ1) is 15.9. The van der Waals surface area contributed by atoms with Gasteiger partial charge in [-0.05, 0) is 12.8 Å². The molecule has 0 aromatic carbocycles. The van der Waals surface area contributed by atoms with Crippen LogP contribution in [0, 0.1) is 0 Å². The minimum atomic E-state index is -1.31. The Morgan fingerprint density at radius 3 is 2.67 bits per heavy atom. The molecule has 0 radical (unpaired) electrons. The molecule has 7 heteroatoms. The highest BCUT2D eigenvalue weighted by Gasteiger charge is 2.35. The van der Waals surface area contributed by atoms with Crippen LogP contribution in [0.15, 0.2) is 4.52 Å². The van der Waals surface area contributed by atoms with Gasteiger partial charge in [0.05, 0.1) is 13.1 Å². The lowest BCUT2D eigenvalue weighted by Crippen LogP contribution is -2.47. The van der Waals surface area contributed by atoms with Crippen molar-refractivity contribution in [2.24, 2.45) is 0 Å². The third-order valence-electron chi connectivity index (χ3n) is 3.77. The van der Waals surface area contributed by atoms with Crippen LogP contribution in [0.25, 0.3) is 0 Å². The number of nitrogens with one attached hydrogen (secondary N) is 1. The molecule has 0 aliphatic carbocycles. The predicted molar refractivity (Wildman–Crippen MR) is 75.4 cm³/mol. The minimum absolute atomic E-state index is 0.0915. The Morgan fingerprint density at radius 2 is 2.14 bits per heavy atom. The Kier molecular flexibility index (Phi) is 4.92. The van der Waals surface area contributed by atoms with E-state index >= 15 is 0 Å². The van der Waals surface area contributed by atoms with Crippen molar-refractivity contribution in [2.45, 2.75) is 51.7 Å². The van der Waals surface area contributed by atoms with Crippen molar-refractivity contribution in [3.05, 3.63) is 11.7 Å². The van der Waals surface area contributed by atoms with E-state index in [1.54, 1.807) is 0 Å². The summed E-state index contributed by atoms with van der Waals surface area (Å²) in [4.78, 5) is 17.3. The second-order valence-corrected chi connectivity index (χ2v) is 6.04. The molecule has 0 spiro atoms. The smallest absolute Gasteiger partial charge is 0.240 e. The number of alkyl halides is 1. The van der Waals surface area contributed by atoms with Crippen molar-refractivity contribution in [2.75, 3.05) is 19.6 Å². The molecule has 21 heavy (non-hydrogen) atoms. The summed E-state index contributed by atoms with van der Waals surface area (Å²) in [6.45, 7) is 7.31. The summed E-state index contributed by atoms with van der Waals surface area (Å²) >= 11 is 0. The van der Waals surface area contributed by atoms with Crippen LogP contribution in [0.2, 0.25) is 0 Å². The number of rotatable bonds is 5. The molecule has 2 rings (SSSR count). The SMILES string of the molecule is CC(=O)NCC1(F)CCN(Cc2nc(C(C)C)no2)CC1. The minimum Gasteiger partial charge on any atom is -0.353 e. The summed E-state index contributed by atoms with van der Waals surface area (Å²) in [5.41, 5.74) is -1.31. The van der Waals surface area contributed by atoms with E-state index in [9.17, 15) is 9.18 Å². The molecule has 1 aromatic rings. The summed E-state index contributed by atoms with van der Waals surface area (Å²) in [5, 5.41) is 6.49. The molecule has 2 heterocycles. The van der Waals surface area contributed by atoms with Gasteiger partial charge in [0, 0.05) is 25.9 Å². The predicted octanol–water partition coefficient (Wildman–Crippen LogP) is 1.63. The lowest BCUT2D eigenvalue weighted by Gasteiger charge is -2.35. The lowest BCUT2D eigenvalue weighted by atomic mass is 9.93. The Labute approximate surface area is 124 Å². The van der Waals surface area contributed by atoms with E-state index in [2.05, 4.69) is 20.4 Å². The fourth-order valence-corrected chi connectivity index (χ4v) is 2.33. The molecule has 0 saturated carbocycles. The first-order valence-electron chi connectivity index (χ1n) is 7.36. The number of hydrogen-bond donors (Lipinski definition) is 1. The van der Waals surface area contributed by atoms with Crippen molar-refractivity contribution in [3.8, 4) is 0 Å². The van der Waals surface area contributed by atoms with Gasteiger partial charge < -0.3 is 9.84 Å². The standard InChI is InChI=1S/C14H23FN4O2/c1-10(2)13-17-12(21-18-13)8-19-6-4-14(15,5-7-19)9-16-11(3)20/h10H,4-9H2,1-3H3,(H,16,20). The fraction of sp³-hybridized carbons (Fsp3) is 0.786. The van der Waals surface area contributed by atoms with E-state index < -0.39 is 5.67 Å². The number of nitrogens with zero attached hydrogens (tertiary/aromatic N) is 3. The first-order chi connectivity index (χ1) is 9.88. The molecule has 118 valence electrons. The molecule has 1 saturated heterocycles. The Bertz CT molecular complexity index is 481. The van der Waals surface area contributed by atoms with E-state index in [4.69, 9.17) is 4.52 Å². The van der Waals surface area contributed by atoms with Crippen LogP contribution >= 0.6 is 0 Å². The van der Waals surface area contributed by atoms with Crippen LogP contribution in [0.3, 0.4) is 0 Å². The van der Waals surface area contributed by atoms with Crippen LogP contribution in [0.4, 0.5) is 4.39 Å². The summed E-state index contributed by atoms with van der Waals surface area (Å²) in [7, 11) is 0. The molecular formula is C14H23FN4O2. The van der Waals surface area contributed by atoms with Gasteiger partial charge in [-0.15, -0.1) is 0 Å². The molecule has 1 fully saturated rings. The zero-order valence-corrected chi connectivity index (χ0v) is 12.9. The van der Waals surface area contributed by atoms with Gasteiger partial charge in [0.25, 0.3) is 0 Å². The number of likely N-dealkylation sites (tertiary alicyclic amines) is 1. The van der Waals surface area contributed by atoms with Crippen LogP contribution in [-0.4, -0.2) is 46.3 Å². The van der Waals surface area contributed by atoms with Gasteiger partial charge in [-0.25, -0.2) is 4.39 Å². The molecule has 1 N–H and O–H groups in total. The third-order valence-corrected chi connectivity index (χ3v) is 3.77. The number of aromatic nitrogens is 2. The average molecular weight is 298 g/mol. The van der Waals surface area contributed by atoms with Gasteiger partial charge in [-0.3, -0.25) is 9.69 Å². The molecule has 0 unspecified atom stereocenters. The highest BCUT2D eigenvalue weighted by molar-refractivity contribution is 5.72. The third kappa shape index (κ3) is 4.49. The number of halogens is 1.